The smallest absolute Gasteiger partial charge is 0.0346 e. The van der Waals surface area contributed by atoms with E-state index in [4.69, 9.17) is 0 Å². The van der Waals surface area contributed by atoms with E-state index < -0.39 is 0 Å². The number of rotatable bonds is 3. The van der Waals surface area contributed by atoms with Gasteiger partial charge < -0.3 is 5.32 Å². The van der Waals surface area contributed by atoms with E-state index in [0.717, 1.165) is 12.6 Å². The van der Waals surface area contributed by atoms with Gasteiger partial charge in [-0.15, -0.1) is 11.3 Å². The van der Waals surface area contributed by atoms with Crippen LogP contribution in [0.1, 0.15) is 24.8 Å². The van der Waals surface area contributed by atoms with Crippen LogP contribution in [0.3, 0.4) is 0 Å². The summed E-state index contributed by atoms with van der Waals surface area (Å²) < 4.78 is 1.41. The van der Waals surface area contributed by atoms with Crippen LogP contribution in [0.2, 0.25) is 0 Å². The Kier molecular flexibility index (Phi) is 2.47. The quantitative estimate of drug-likeness (QED) is 0.829. The first-order chi connectivity index (χ1) is 7.43. The lowest BCUT2D eigenvalue weighted by Crippen LogP contribution is -2.34. The van der Waals surface area contributed by atoms with Gasteiger partial charge in [0.15, 0.2) is 0 Å². The number of fused-ring (bicyclic) bond motifs is 1. The lowest BCUT2D eigenvalue weighted by molar-refractivity contribution is 0.339. The molecule has 3 rings (SSSR count). The van der Waals surface area contributed by atoms with Crippen molar-refractivity contribution in [3.05, 3.63) is 35.2 Å². The minimum atomic E-state index is 0.781. The molecule has 2 heteroatoms. The molecule has 0 radical (unpaired) electrons. The lowest BCUT2D eigenvalue weighted by atomic mass is 9.93. The van der Waals surface area contributed by atoms with Gasteiger partial charge in [-0.25, -0.2) is 0 Å². The molecule has 15 heavy (non-hydrogen) atoms. The van der Waals surface area contributed by atoms with Crippen LogP contribution in [0.5, 0.6) is 0 Å². The van der Waals surface area contributed by atoms with Gasteiger partial charge in [-0.05, 0) is 35.2 Å². The van der Waals surface area contributed by atoms with Crippen LogP contribution in [0.25, 0.3) is 10.1 Å². The number of hydrogen-bond donors (Lipinski definition) is 1. The second-order valence-electron chi connectivity index (χ2n) is 4.27. The van der Waals surface area contributed by atoms with Gasteiger partial charge in [-0.3, -0.25) is 0 Å². The highest BCUT2D eigenvalue weighted by Gasteiger charge is 2.16. The van der Waals surface area contributed by atoms with Crippen molar-refractivity contribution in [1.82, 2.24) is 5.32 Å². The van der Waals surface area contributed by atoms with E-state index >= 15 is 0 Å². The molecule has 0 amide bonds. The van der Waals surface area contributed by atoms with Crippen molar-refractivity contribution >= 4 is 21.4 Å². The summed E-state index contributed by atoms with van der Waals surface area (Å²) in [6, 6.07) is 9.45. The first-order valence-corrected chi connectivity index (χ1v) is 6.50. The van der Waals surface area contributed by atoms with Gasteiger partial charge >= 0.3 is 0 Å². The van der Waals surface area contributed by atoms with Crippen molar-refractivity contribution in [1.29, 1.82) is 0 Å². The molecule has 1 heterocycles. The zero-order valence-electron chi connectivity index (χ0n) is 8.70. The van der Waals surface area contributed by atoms with Crippen LogP contribution in [0.15, 0.2) is 29.6 Å². The fourth-order valence-corrected chi connectivity index (χ4v) is 3.00. The molecular formula is C13H15NS. The zero-order valence-corrected chi connectivity index (χ0v) is 9.52. The molecule has 0 spiro atoms. The molecule has 0 unspecified atom stereocenters. The highest BCUT2D eigenvalue weighted by molar-refractivity contribution is 7.17. The normalized spacial score (nSPS) is 16.8. The molecule has 0 bridgehead atoms. The average molecular weight is 217 g/mol. The summed E-state index contributed by atoms with van der Waals surface area (Å²) in [6.45, 7) is 1.04. The number of benzene rings is 1. The average Bonchev–Trinajstić information content (AvgIpc) is 2.60. The van der Waals surface area contributed by atoms with Crippen molar-refractivity contribution in [2.45, 2.75) is 31.8 Å². The molecular weight excluding hydrogens is 202 g/mol. The predicted octanol–water partition coefficient (Wildman–Crippen LogP) is 3.54. The fourth-order valence-electron chi connectivity index (χ4n) is 2.04. The van der Waals surface area contributed by atoms with Crippen LogP contribution in [-0.2, 0) is 6.54 Å². The third kappa shape index (κ3) is 1.80. The molecule has 0 aliphatic heterocycles. The molecule has 1 saturated carbocycles. The molecule has 1 nitrogen and oxygen atoms in total. The van der Waals surface area contributed by atoms with Crippen LogP contribution in [-0.4, -0.2) is 6.04 Å². The molecule has 1 aromatic heterocycles. The van der Waals surface area contributed by atoms with Gasteiger partial charge in [0.2, 0.25) is 0 Å². The van der Waals surface area contributed by atoms with Crippen LogP contribution in [0.4, 0.5) is 0 Å². The van der Waals surface area contributed by atoms with Gasteiger partial charge in [0, 0.05) is 17.3 Å². The molecule has 1 aromatic carbocycles. The maximum Gasteiger partial charge on any atom is 0.0346 e. The molecule has 1 N–H and O–H groups in total. The maximum atomic E-state index is 3.62. The predicted molar refractivity (Wildman–Crippen MR) is 66.3 cm³/mol. The molecule has 2 aromatic rings. The number of thiophene rings is 1. The Morgan fingerprint density at radius 1 is 1.27 bits per heavy atom. The van der Waals surface area contributed by atoms with Crippen molar-refractivity contribution in [3.63, 3.8) is 0 Å². The lowest BCUT2D eigenvalue weighted by Gasteiger charge is -2.26. The molecule has 1 aliphatic rings. The van der Waals surface area contributed by atoms with Gasteiger partial charge in [-0.1, -0.05) is 24.6 Å². The minimum absolute atomic E-state index is 0.781. The Hall–Kier alpha value is -0.860. The first kappa shape index (κ1) is 9.37. The summed E-state index contributed by atoms with van der Waals surface area (Å²) in [5, 5.41) is 7.33. The van der Waals surface area contributed by atoms with Crippen LogP contribution >= 0.6 is 11.3 Å². The van der Waals surface area contributed by atoms with E-state index in [9.17, 15) is 0 Å². The highest BCUT2D eigenvalue weighted by Crippen LogP contribution is 2.26. The van der Waals surface area contributed by atoms with Gasteiger partial charge in [0.25, 0.3) is 0 Å². The molecule has 1 fully saturated rings. The second-order valence-corrected chi connectivity index (χ2v) is 5.18. The first-order valence-electron chi connectivity index (χ1n) is 5.62. The van der Waals surface area contributed by atoms with E-state index in [0.29, 0.717) is 0 Å². The Morgan fingerprint density at radius 3 is 2.93 bits per heavy atom. The van der Waals surface area contributed by atoms with Crippen molar-refractivity contribution in [2.75, 3.05) is 0 Å². The molecule has 0 saturated heterocycles. The SMILES string of the molecule is c1ccc2c(CNC3CCC3)csc2c1. The third-order valence-electron chi connectivity index (χ3n) is 3.25. The highest BCUT2D eigenvalue weighted by atomic mass is 32.1. The van der Waals surface area contributed by atoms with Crippen LogP contribution in [0, 0.1) is 0 Å². The molecule has 1 aliphatic carbocycles. The Bertz CT molecular complexity index is 456. The Balaban J connectivity index is 1.78. The van der Waals surface area contributed by atoms with Gasteiger partial charge in [0.05, 0.1) is 0 Å². The van der Waals surface area contributed by atoms with Crippen LogP contribution < -0.4 is 5.32 Å². The second kappa shape index (κ2) is 3.95. The topological polar surface area (TPSA) is 12.0 Å². The monoisotopic (exact) mass is 217 g/mol. The Morgan fingerprint density at radius 2 is 2.13 bits per heavy atom. The molecule has 78 valence electrons. The Labute approximate surface area is 94.1 Å². The maximum absolute atomic E-state index is 3.62. The minimum Gasteiger partial charge on any atom is -0.310 e. The van der Waals surface area contributed by atoms with E-state index in [-0.39, 0.29) is 0 Å². The summed E-state index contributed by atoms with van der Waals surface area (Å²) in [5.41, 5.74) is 1.46. The van der Waals surface area contributed by atoms with Crippen molar-refractivity contribution < 1.29 is 0 Å². The standard InChI is InChI=1S/C13H15NS/c1-2-7-13-12(6-1)10(9-15-13)8-14-11-4-3-5-11/h1-2,6-7,9,11,14H,3-5,8H2. The summed E-state index contributed by atoms with van der Waals surface area (Å²) in [4.78, 5) is 0. The largest absolute Gasteiger partial charge is 0.310 e. The van der Waals surface area contributed by atoms with E-state index in [2.05, 4.69) is 35.0 Å². The van der Waals surface area contributed by atoms with Gasteiger partial charge in [-0.2, -0.15) is 0 Å². The summed E-state index contributed by atoms with van der Waals surface area (Å²) in [6.07, 6.45) is 4.13. The third-order valence-corrected chi connectivity index (χ3v) is 4.26. The number of hydrogen-bond acceptors (Lipinski definition) is 2. The van der Waals surface area contributed by atoms with Crippen molar-refractivity contribution in [2.24, 2.45) is 0 Å². The van der Waals surface area contributed by atoms with E-state index in [1.807, 2.05) is 11.3 Å². The zero-order chi connectivity index (χ0) is 10.1. The molecule has 0 atom stereocenters. The summed E-state index contributed by atoms with van der Waals surface area (Å²) in [7, 11) is 0. The van der Waals surface area contributed by atoms with Crippen molar-refractivity contribution in [3.8, 4) is 0 Å². The summed E-state index contributed by atoms with van der Waals surface area (Å²) in [5.74, 6) is 0. The van der Waals surface area contributed by atoms with Gasteiger partial charge in [0.1, 0.15) is 0 Å². The fraction of sp³-hybridized carbons (Fsp3) is 0.385. The van der Waals surface area contributed by atoms with E-state index in [1.165, 1.54) is 34.9 Å². The summed E-state index contributed by atoms with van der Waals surface area (Å²) >= 11 is 1.85. The van der Waals surface area contributed by atoms with E-state index in [1.54, 1.807) is 0 Å². The number of nitrogens with one attached hydrogen (secondary N) is 1.